The quantitative estimate of drug-likeness (QED) is 0.236. The van der Waals surface area contributed by atoms with E-state index in [1.807, 2.05) is 84.9 Å². The molecule has 5 nitrogen and oxygen atoms in total. The number of para-hydroxylation sites is 3. The number of benzene rings is 3. The highest BCUT2D eigenvalue weighted by molar-refractivity contribution is 9.10. The van der Waals surface area contributed by atoms with Crippen LogP contribution in [0.4, 0.5) is 5.69 Å². The standard InChI is InChI=1S/C24H19BrN4O/c1-30-23-9-5-4-8-21(23)28-24(29-26-16-17-10-13-19(25)14-11-17)22-15-12-18-6-2-3-7-20(18)27-22/h2-16H,1H3,(H,28,29)/b26-16+. The van der Waals surface area contributed by atoms with Crippen molar-refractivity contribution in [2.24, 2.45) is 10.1 Å². The Morgan fingerprint density at radius 3 is 2.53 bits per heavy atom. The highest BCUT2D eigenvalue weighted by atomic mass is 79.9. The summed E-state index contributed by atoms with van der Waals surface area (Å²) in [6, 6.07) is 27.4. The predicted molar refractivity (Wildman–Crippen MR) is 126 cm³/mol. The van der Waals surface area contributed by atoms with E-state index < -0.39 is 0 Å². The van der Waals surface area contributed by atoms with Gasteiger partial charge < -0.3 is 4.74 Å². The first-order valence-corrected chi connectivity index (χ1v) is 10.1. The van der Waals surface area contributed by atoms with Gasteiger partial charge in [-0.1, -0.05) is 64.5 Å². The van der Waals surface area contributed by atoms with Crippen LogP contribution in [0.5, 0.6) is 5.75 Å². The minimum atomic E-state index is 0.526. The van der Waals surface area contributed by atoms with Crippen molar-refractivity contribution in [3.05, 3.63) is 101 Å². The van der Waals surface area contributed by atoms with Crippen LogP contribution in [0.1, 0.15) is 11.3 Å². The van der Waals surface area contributed by atoms with E-state index in [-0.39, 0.29) is 0 Å². The Hall–Kier alpha value is -3.51. The molecule has 0 bridgehead atoms. The average molecular weight is 459 g/mol. The first kappa shape index (κ1) is 19.8. The van der Waals surface area contributed by atoms with Gasteiger partial charge in [-0.2, -0.15) is 5.10 Å². The van der Waals surface area contributed by atoms with Crippen LogP contribution in [-0.2, 0) is 0 Å². The highest BCUT2D eigenvalue weighted by Gasteiger charge is 2.09. The topological polar surface area (TPSA) is 58.9 Å². The number of methoxy groups -OCH3 is 1. The molecule has 0 spiro atoms. The van der Waals surface area contributed by atoms with E-state index in [9.17, 15) is 0 Å². The second-order valence-electron chi connectivity index (χ2n) is 6.44. The molecule has 0 radical (unpaired) electrons. The number of amidine groups is 1. The molecule has 0 fully saturated rings. The Labute approximate surface area is 183 Å². The zero-order valence-corrected chi connectivity index (χ0v) is 17.9. The number of ether oxygens (including phenoxy) is 1. The van der Waals surface area contributed by atoms with E-state index in [1.54, 1.807) is 13.3 Å². The van der Waals surface area contributed by atoms with Crippen molar-refractivity contribution in [1.29, 1.82) is 0 Å². The van der Waals surface area contributed by atoms with E-state index >= 15 is 0 Å². The molecule has 4 rings (SSSR count). The van der Waals surface area contributed by atoms with Gasteiger partial charge in [0, 0.05) is 9.86 Å². The molecular formula is C24H19BrN4O. The lowest BCUT2D eigenvalue weighted by atomic mass is 10.2. The Morgan fingerprint density at radius 1 is 0.933 bits per heavy atom. The summed E-state index contributed by atoms with van der Waals surface area (Å²) in [4.78, 5) is 9.50. The van der Waals surface area contributed by atoms with Crippen LogP contribution in [0.25, 0.3) is 10.9 Å². The first-order chi connectivity index (χ1) is 14.7. The lowest BCUT2D eigenvalue weighted by Gasteiger charge is -2.09. The third-order valence-electron chi connectivity index (χ3n) is 4.41. The van der Waals surface area contributed by atoms with E-state index in [0.29, 0.717) is 23.0 Å². The summed E-state index contributed by atoms with van der Waals surface area (Å²) >= 11 is 3.44. The number of halogens is 1. The van der Waals surface area contributed by atoms with Crippen molar-refractivity contribution in [2.45, 2.75) is 0 Å². The smallest absolute Gasteiger partial charge is 0.173 e. The Balaban J connectivity index is 1.71. The van der Waals surface area contributed by atoms with Gasteiger partial charge in [0.1, 0.15) is 17.1 Å². The number of hydrazone groups is 1. The molecule has 30 heavy (non-hydrogen) atoms. The molecule has 1 N–H and O–H groups in total. The fourth-order valence-electron chi connectivity index (χ4n) is 2.90. The van der Waals surface area contributed by atoms with Crippen molar-refractivity contribution in [2.75, 3.05) is 7.11 Å². The van der Waals surface area contributed by atoms with Crippen LogP contribution in [0.2, 0.25) is 0 Å². The summed E-state index contributed by atoms with van der Waals surface area (Å²) in [6.45, 7) is 0. The fraction of sp³-hybridized carbons (Fsp3) is 0.0417. The maximum absolute atomic E-state index is 5.44. The van der Waals surface area contributed by atoms with Crippen molar-refractivity contribution >= 4 is 44.6 Å². The molecule has 148 valence electrons. The van der Waals surface area contributed by atoms with Gasteiger partial charge >= 0.3 is 0 Å². The number of fused-ring (bicyclic) bond motifs is 1. The van der Waals surface area contributed by atoms with Crippen LogP contribution in [0.15, 0.2) is 99.5 Å². The van der Waals surface area contributed by atoms with Crippen LogP contribution in [0, 0.1) is 0 Å². The highest BCUT2D eigenvalue weighted by Crippen LogP contribution is 2.27. The summed E-state index contributed by atoms with van der Waals surface area (Å²) in [5.41, 5.74) is 6.29. The maximum Gasteiger partial charge on any atom is 0.173 e. The van der Waals surface area contributed by atoms with E-state index in [4.69, 9.17) is 14.7 Å². The number of hydrogen-bond donors (Lipinski definition) is 1. The van der Waals surface area contributed by atoms with Crippen LogP contribution >= 0.6 is 15.9 Å². The Morgan fingerprint density at radius 2 is 1.70 bits per heavy atom. The summed E-state index contributed by atoms with van der Waals surface area (Å²) < 4.78 is 6.46. The number of rotatable bonds is 5. The molecule has 0 aliphatic carbocycles. The molecule has 1 heterocycles. The van der Waals surface area contributed by atoms with Gasteiger partial charge in [0.05, 0.1) is 18.8 Å². The SMILES string of the molecule is COc1ccccc1N=C(N/N=C/c1ccc(Br)cc1)c1ccc2ccccc2n1. The molecule has 0 saturated heterocycles. The second kappa shape index (κ2) is 9.33. The van der Waals surface area contributed by atoms with Crippen LogP contribution in [0.3, 0.4) is 0 Å². The number of nitrogens with one attached hydrogen (secondary N) is 1. The van der Waals surface area contributed by atoms with Gasteiger partial charge in [0.15, 0.2) is 5.84 Å². The van der Waals surface area contributed by atoms with Gasteiger partial charge in [0.2, 0.25) is 0 Å². The number of nitrogens with zero attached hydrogens (tertiary/aromatic N) is 3. The van der Waals surface area contributed by atoms with Crippen molar-refractivity contribution in [3.63, 3.8) is 0 Å². The molecule has 0 aliphatic rings. The zero-order valence-electron chi connectivity index (χ0n) is 16.3. The minimum Gasteiger partial charge on any atom is -0.494 e. The fourth-order valence-corrected chi connectivity index (χ4v) is 3.16. The molecule has 0 aliphatic heterocycles. The van der Waals surface area contributed by atoms with Crippen molar-refractivity contribution in [3.8, 4) is 5.75 Å². The van der Waals surface area contributed by atoms with Crippen molar-refractivity contribution in [1.82, 2.24) is 10.4 Å². The third-order valence-corrected chi connectivity index (χ3v) is 4.94. The van der Waals surface area contributed by atoms with Crippen LogP contribution in [-0.4, -0.2) is 24.1 Å². The second-order valence-corrected chi connectivity index (χ2v) is 7.36. The maximum atomic E-state index is 5.44. The first-order valence-electron chi connectivity index (χ1n) is 9.35. The summed E-state index contributed by atoms with van der Waals surface area (Å²) in [6.07, 6.45) is 1.74. The average Bonchev–Trinajstić information content (AvgIpc) is 2.79. The summed E-state index contributed by atoms with van der Waals surface area (Å²) in [7, 11) is 1.63. The predicted octanol–water partition coefficient (Wildman–Crippen LogP) is 5.71. The Kier molecular flexibility index (Phi) is 6.15. The van der Waals surface area contributed by atoms with Crippen LogP contribution < -0.4 is 10.2 Å². The van der Waals surface area contributed by atoms with Gasteiger partial charge in [-0.25, -0.2) is 9.98 Å². The molecule has 1 aromatic heterocycles. The molecular weight excluding hydrogens is 440 g/mol. The molecule has 0 saturated carbocycles. The number of aliphatic imine (C=N–C) groups is 1. The van der Waals surface area contributed by atoms with Crippen molar-refractivity contribution < 1.29 is 4.74 Å². The molecule has 4 aromatic rings. The van der Waals surface area contributed by atoms with E-state index in [1.165, 1.54) is 0 Å². The monoisotopic (exact) mass is 458 g/mol. The largest absolute Gasteiger partial charge is 0.494 e. The van der Waals surface area contributed by atoms with Gasteiger partial charge in [-0.05, 0) is 42.0 Å². The third kappa shape index (κ3) is 4.72. The number of hydrogen-bond acceptors (Lipinski definition) is 4. The number of pyridine rings is 1. The molecule has 3 aromatic carbocycles. The normalized spacial score (nSPS) is 11.7. The molecule has 0 unspecified atom stereocenters. The number of aromatic nitrogens is 1. The van der Waals surface area contributed by atoms with Gasteiger partial charge in [-0.15, -0.1) is 0 Å². The van der Waals surface area contributed by atoms with E-state index in [2.05, 4.69) is 26.5 Å². The summed E-state index contributed by atoms with van der Waals surface area (Å²) in [5.74, 6) is 1.20. The minimum absolute atomic E-state index is 0.526. The van der Waals surface area contributed by atoms with Gasteiger partial charge in [-0.3, -0.25) is 5.43 Å². The Bertz CT molecular complexity index is 1220. The van der Waals surface area contributed by atoms with E-state index in [0.717, 1.165) is 20.9 Å². The zero-order chi connectivity index (χ0) is 20.8. The molecule has 6 heteroatoms. The summed E-state index contributed by atoms with van der Waals surface area (Å²) in [5, 5.41) is 5.44. The van der Waals surface area contributed by atoms with Gasteiger partial charge in [0.25, 0.3) is 0 Å². The molecule has 0 amide bonds. The molecule has 0 atom stereocenters. The lowest BCUT2D eigenvalue weighted by molar-refractivity contribution is 0.416. The lowest BCUT2D eigenvalue weighted by Crippen LogP contribution is -2.20.